The zero-order valence-corrected chi connectivity index (χ0v) is 11.7. The number of nitrogens with zero attached hydrogens (tertiary/aromatic N) is 1. The molecule has 4 nitrogen and oxygen atoms in total. The second kappa shape index (κ2) is 5.19. The number of ketones is 1. The molecule has 0 amide bonds. The van der Waals surface area contributed by atoms with E-state index in [4.69, 9.17) is 0 Å². The van der Waals surface area contributed by atoms with E-state index in [1.165, 1.54) is 13.0 Å². The summed E-state index contributed by atoms with van der Waals surface area (Å²) >= 11 is 0. The number of carboxylic acids is 1. The fraction of sp³-hybridized carbons (Fsp3) is 0.600. The molecule has 0 saturated heterocycles. The number of hydrogen-bond acceptors (Lipinski definition) is 2. The zero-order chi connectivity index (χ0) is 14.2. The van der Waals surface area contributed by atoms with Crippen molar-refractivity contribution in [2.45, 2.75) is 46.1 Å². The molecule has 1 aliphatic rings. The lowest BCUT2D eigenvalue weighted by Crippen LogP contribution is -2.24. The minimum atomic E-state index is -0.959. The Morgan fingerprint density at radius 2 is 1.95 bits per heavy atom. The van der Waals surface area contributed by atoms with Crippen molar-refractivity contribution >= 4 is 11.8 Å². The van der Waals surface area contributed by atoms with E-state index in [1.54, 1.807) is 10.8 Å². The molecule has 1 N–H and O–H groups in total. The Bertz CT molecular complexity index is 503. The molecule has 3 atom stereocenters. The third-order valence-electron chi connectivity index (χ3n) is 4.44. The van der Waals surface area contributed by atoms with Gasteiger partial charge in [0, 0.05) is 17.8 Å². The molecule has 1 fully saturated rings. The molecule has 4 heteroatoms. The molecule has 1 aromatic heterocycles. The highest BCUT2D eigenvalue weighted by Crippen LogP contribution is 2.37. The molecule has 104 valence electrons. The normalized spacial score (nSPS) is 27.2. The predicted molar refractivity (Wildman–Crippen MR) is 72.6 cm³/mol. The number of Topliss-reactive ketones (excluding diaryl/α,β-unsaturated/α-hetero) is 1. The first-order chi connectivity index (χ1) is 8.90. The van der Waals surface area contributed by atoms with Crippen molar-refractivity contribution in [3.63, 3.8) is 0 Å². The molecule has 1 saturated carbocycles. The molecule has 1 aliphatic carbocycles. The van der Waals surface area contributed by atoms with E-state index in [9.17, 15) is 14.7 Å². The van der Waals surface area contributed by atoms with Crippen LogP contribution in [0.5, 0.6) is 0 Å². The van der Waals surface area contributed by atoms with Gasteiger partial charge in [-0.15, -0.1) is 0 Å². The Balaban J connectivity index is 2.33. The topological polar surface area (TPSA) is 59.3 Å². The van der Waals surface area contributed by atoms with Gasteiger partial charge in [-0.1, -0.05) is 13.8 Å². The fourth-order valence-corrected chi connectivity index (χ4v) is 2.92. The zero-order valence-electron chi connectivity index (χ0n) is 11.7. The molecule has 0 bridgehead atoms. The van der Waals surface area contributed by atoms with Crippen LogP contribution in [0, 0.1) is 11.8 Å². The van der Waals surface area contributed by atoms with Crippen LogP contribution >= 0.6 is 0 Å². The average molecular weight is 263 g/mol. The van der Waals surface area contributed by atoms with Gasteiger partial charge >= 0.3 is 5.97 Å². The number of rotatable bonds is 3. The van der Waals surface area contributed by atoms with E-state index in [0.29, 0.717) is 17.4 Å². The number of hydrogen-bond donors (Lipinski definition) is 1. The summed E-state index contributed by atoms with van der Waals surface area (Å²) in [7, 11) is 0. The Morgan fingerprint density at radius 1 is 1.26 bits per heavy atom. The van der Waals surface area contributed by atoms with Gasteiger partial charge in [0.15, 0.2) is 5.78 Å². The molecule has 0 aliphatic heterocycles. The highest BCUT2D eigenvalue weighted by atomic mass is 16.4. The Labute approximate surface area is 113 Å². The number of aromatic nitrogens is 1. The molecule has 2 rings (SSSR count). The van der Waals surface area contributed by atoms with E-state index < -0.39 is 5.97 Å². The lowest BCUT2D eigenvalue weighted by molar-refractivity contribution is 0.0678. The quantitative estimate of drug-likeness (QED) is 0.850. The summed E-state index contributed by atoms with van der Waals surface area (Å²) in [4.78, 5) is 22.7. The van der Waals surface area contributed by atoms with Crippen LogP contribution in [0.3, 0.4) is 0 Å². The van der Waals surface area contributed by atoms with E-state index in [-0.39, 0.29) is 17.5 Å². The number of aromatic carboxylic acids is 1. The molecule has 19 heavy (non-hydrogen) atoms. The van der Waals surface area contributed by atoms with E-state index in [0.717, 1.165) is 19.3 Å². The third kappa shape index (κ3) is 2.72. The number of carbonyl (C=O) groups is 2. The van der Waals surface area contributed by atoms with E-state index >= 15 is 0 Å². The molecular formula is C15H21NO3. The summed E-state index contributed by atoms with van der Waals surface area (Å²) in [5, 5.41) is 9.28. The smallest absolute Gasteiger partial charge is 0.352 e. The second-order valence-electron chi connectivity index (χ2n) is 5.80. The van der Waals surface area contributed by atoms with Gasteiger partial charge in [-0.2, -0.15) is 0 Å². The van der Waals surface area contributed by atoms with Gasteiger partial charge in [-0.3, -0.25) is 4.79 Å². The lowest BCUT2D eigenvalue weighted by atomic mass is 9.79. The second-order valence-corrected chi connectivity index (χ2v) is 5.80. The van der Waals surface area contributed by atoms with Crippen LogP contribution in [0.15, 0.2) is 12.3 Å². The van der Waals surface area contributed by atoms with Crippen molar-refractivity contribution in [1.29, 1.82) is 0 Å². The van der Waals surface area contributed by atoms with Crippen molar-refractivity contribution in [1.82, 2.24) is 4.57 Å². The van der Waals surface area contributed by atoms with E-state index in [1.807, 2.05) is 0 Å². The minimum Gasteiger partial charge on any atom is -0.477 e. The standard InChI is InChI=1S/C15H21NO3/c1-9-4-5-13(6-10(9)2)16-8-12(11(3)17)7-14(16)15(18)19/h7-10,13H,4-6H2,1-3H3,(H,18,19). The molecule has 0 aromatic carbocycles. The van der Waals surface area contributed by atoms with Crippen LogP contribution in [0.25, 0.3) is 0 Å². The first-order valence-corrected chi connectivity index (χ1v) is 6.86. The Morgan fingerprint density at radius 3 is 2.47 bits per heavy atom. The third-order valence-corrected chi connectivity index (χ3v) is 4.44. The van der Waals surface area contributed by atoms with E-state index in [2.05, 4.69) is 13.8 Å². The van der Waals surface area contributed by atoms with Crippen LogP contribution in [-0.4, -0.2) is 21.4 Å². The summed E-state index contributed by atoms with van der Waals surface area (Å²) in [5.74, 6) is 0.230. The maximum absolute atomic E-state index is 11.4. The summed E-state index contributed by atoms with van der Waals surface area (Å²) in [5.41, 5.74) is 0.723. The summed E-state index contributed by atoms with van der Waals surface area (Å²) < 4.78 is 1.79. The maximum Gasteiger partial charge on any atom is 0.352 e. The van der Waals surface area contributed by atoms with Crippen LogP contribution < -0.4 is 0 Å². The summed E-state index contributed by atoms with van der Waals surface area (Å²) in [6.07, 6.45) is 4.78. The average Bonchev–Trinajstić information content (AvgIpc) is 2.78. The first kappa shape index (κ1) is 13.8. The van der Waals surface area contributed by atoms with Crippen molar-refractivity contribution in [3.05, 3.63) is 23.5 Å². The Kier molecular flexibility index (Phi) is 3.78. The maximum atomic E-state index is 11.4. The fourth-order valence-electron chi connectivity index (χ4n) is 2.92. The van der Waals surface area contributed by atoms with Crippen LogP contribution in [-0.2, 0) is 0 Å². The molecule has 0 spiro atoms. The van der Waals surface area contributed by atoms with Gasteiger partial charge < -0.3 is 9.67 Å². The van der Waals surface area contributed by atoms with Crippen molar-refractivity contribution in [2.24, 2.45) is 11.8 Å². The summed E-state index contributed by atoms with van der Waals surface area (Å²) in [6, 6.07) is 1.69. The molecule has 0 radical (unpaired) electrons. The van der Waals surface area contributed by atoms with Gasteiger partial charge in [0.25, 0.3) is 0 Å². The first-order valence-electron chi connectivity index (χ1n) is 6.86. The van der Waals surface area contributed by atoms with Crippen LogP contribution in [0.4, 0.5) is 0 Å². The lowest BCUT2D eigenvalue weighted by Gasteiger charge is -2.33. The minimum absolute atomic E-state index is 0.0847. The highest BCUT2D eigenvalue weighted by molar-refractivity contribution is 5.97. The molecule has 3 unspecified atom stereocenters. The van der Waals surface area contributed by atoms with Crippen molar-refractivity contribution < 1.29 is 14.7 Å². The van der Waals surface area contributed by atoms with Gasteiger partial charge in [0.1, 0.15) is 5.69 Å². The van der Waals surface area contributed by atoms with Gasteiger partial charge in [0.05, 0.1) is 0 Å². The van der Waals surface area contributed by atoms with Gasteiger partial charge in [0.2, 0.25) is 0 Å². The summed E-state index contributed by atoms with van der Waals surface area (Å²) in [6.45, 7) is 5.93. The van der Waals surface area contributed by atoms with Crippen molar-refractivity contribution in [2.75, 3.05) is 0 Å². The van der Waals surface area contributed by atoms with Crippen LogP contribution in [0.1, 0.15) is 66.9 Å². The van der Waals surface area contributed by atoms with Gasteiger partial charge in [-0.25, -0.2) is 4.79 Å². The largest absolute Gasteiger partial charge is 0.477 e. The number of carboxylic acid groups (broad SMARTS) is 1. The highest BCUT2D eigenvalue weighted by Gasteiger charge is 2.28. The monoisotopic (exact) mass is 263 g/mol. The SMILES string of the molecule is CC(=O)c1cc(C(=O)O)n(C2CCC(C)C(C)C2)c1. The van der Waals surface area contributed by atoms with Crippen molar-refractivity contribution in [3.8, 4) is 0 Å². The van der Waals surface area contributed by atoms with Crippen LogP contribution in [0.2, 0.25) is 0 Å². The number of carbonyl (C=O) groups excluding carboxylic acids is 1. The molecule has 1 aromatic rings. The Hall–Kier alpha value is -1.58. The molecular weight excluding hydrogens is 242 g/mol. The molecule has 1 heterocycles. The predicted octanol–water partition coefficient (Wildman–Crippen LogP) is 3.39. The van der Waals surface area contributed by atoms with Gasteiger partial charge in [-0.05, 0) is 44.1 Å².